The molecule has 0 aliphatic heterocycles. The lowest BCUT2D eigenvalue weighted by Gasteiger charge is -2.27. The number of hydrogen-bond acceptors (Lipinski definition) is 3. The van der Waals surface area contributed by atoms with Crippen molar-refractivity contribution in [2.75, 3.05) is 0 Å². The monoisotopic (exact) mass is 398 g/mol. The number of rotatable bonds is 11. The van der Waals surface area contributed by atoms with E-state index in [1.54, 1.807) is 0 Å². The largest absolute Gasteiger partial charge is 0.147 e. The average molecular weight is 399 g/mol. The Morgan fingerprint density at radius 3 is 2.25 bits per heavy atom. The summed E-state index contributed by atoms with van der Waals surface area (Å²) < 4.78 is 0. The minimum atomic E-state index is 0.645. The van der Waals surface area contributed by atoms with Crippen LogP contribution in [0.5, 0.6) is 0 Å². The van der Waals surface area contributed by atoms with Crippen LogP contribution in [-0.2, 0) is 6.42 Å². The molecular formula is C25H38N2S. The summed E-state index contributed by atoms with van der Waals surface area (Å²) in [6.45, 7) is 4.56. The summed E-state index contributed by atoms with van der Waals surface area (Å²) in [5, 5.41) is 11.5. The van der Waals surface area contributed by atoms with Crippen LogP contribution in [0.2, 0.25) is 0 Å². The van der Waals surface area contributed by atoms with Gasteiger partial charge in [-0.15, -0.1) is 10.2 Å². The van der Waals surface area contributed by atoms with Crippen molar-refractivity contribution in [2.24, 2.45) is 5.92 Å². The minimum absolute atomic E-state index is 0.645. The van der Waals surface area contributed by atoms with E-state index in [1.165, 1.54) is 99.6 Å². The fraction of sp³-hybridized carbons (Fsp3) is 0.680. The second-order valence-electron chi connectivity index (χ2n) is 8.67. The van der Waals surface area contributed by atoms with Crippen LogP contribution in [0.25, 0.3) is 10.6 Å². The van der Waals surface area contributed by atoms with E-state index >= 15 is 0 Å². The zero-order valence-electron chi connectivity index (χ0n) is 18.0. The van der Waals surface area contributed by atoms with Crippen LogP contribution in [0.1, 0.15) is 107 Å². The predicted molar refractivity (Wildman–Crippen MR) is 122 cm³/mol. The van der Waals surface area contributed by atoms with Crippen molar-refractivity contribution in [2.45, 2.75) is 103 Å². The average Bonchev–Trinajstić information content (AvgIpc) is 3.23. The highest BCUT2D eigenvalue weighted by molar-refractivity contribution is 7.14. The van der Waals surface area contributed by atoms with Crippen molar-refractivity contribution in [3.8, 4) is 10.6 Å². The maximum Gasteiger partial charge on any atom is 0.147 e. The lowest BCUT2D eigenvalue weighted by molar-refractivity contribution is 0.301. The number of hydrogen-bond donors (Lipinski definition) is 0. The summed E-state index contributed by atoms with van der Waals surface area (Å²) in [5.41, 5.74) is 2.67. The van der Waals surface area contributed by atoms with E-state index in [-0.39, 0.29) is 0 Å². The van der Waals surface area contributed by atoms with Gasteiger partial charge in [0, 0.05) is 11.5 Å². The second kappa shape index (κ2) is 11.7. The summed E-state index contributed by atoms with van der Waals surface area (Å²) in [4.78, 5) is 0. The third kappa shape index (κ3) is 6.40. The van der Waals surface area contributed by atoms with Gasteiger partial charge in [-0.05, 0) is 50.0 Å². The molecule has 0 spiro atoms. The Labute approximate surface area is 176 Å². The molecule has 1 saturated carbocycles. The van der Waals surface area contributed by atoms with E-state index in [4.69, 9.17) is 0 Å². The molecule has 0 unspecified atom stereocenters. The summed E-state index contributed by atoms with van der Waals surface area (Å²) in [5.74, 6) is 1.60. The van der Waals surface area contributed by atoms with Gasteiger partial charge in [0.25, 0.3) is 0 Å². The quantitative estimate of drug-likeness (QED) is 0.357. The maximum absolute atomic E-state index is 4.58. The minimum Gasteiger partial charge on any atom is -0.143 e. The summed E-state index contributed by atoms with van der Waals surface area (Å²) in [6.07, 6.45) is 17.5. The molecule has 1 aliphatic rings. The zero-order valence-corrected chi connectivity index (χ0v) is 18.8. The molecule has 1 aliphatic carbocycles. The van der Waals surface area contributed by atoms with E-state index in [0.717, 1.165) is 10.9 Å². The van der Waals surface area contributed by atoms with Gasteiger partial charge in [-0.25, -0.2) is 0 Å². The normalized spacial score (nSPS) is 19.8. The maximum atomic E-state index is 4.58. The van der Waals surface area contributed by atoms with Crippen LogP contribution in [-0.4, -0.2) is 10.2 Å². The fourth-order valence-electron chi connectivity index (χ4n) is 4.47. The molecule has 0 radical (unpaired) electrons. The van der Waals surface area contributed by atoms with Gasteiger partial charge in [-0.2, -0.15) is 0 Å². The van der Waals surface area contributed by atoms with Crippen LogP contribution in [0.4, 0.5) is 0 Å². The molecule has 0 bridgehead atoms. The number of unbranched alkanes of at least 4 members (excludes halogenated alkanes) is 5. The fourth-order valence-corrected chi connectivity index (χ4v) is 5.48. The molecule has 0 saturated heterocycles. The van der Waals surface area contributed by atoms with Crippen molar-refractivity contribution >= 4 is 11.3 Å². The van der Waals surface area contributed by atoms with Gasteiger partial charge >= 0.3 is 0 Å². The van der Waals surface area contributed by atoms with Crippen molar-refractivity contribution in [1.29, 1.82) is 0 Å². The molecular weight excluding hydrogens is 360 g/mol. The van der Waals surface area contributed by atoms with E-state index in [1.807, 2.05) is 11.3 Å². The molecule has 154 valence electrons. The molecule has 0 amide bonds. The Bertz CT molecular complexity index is 668. The van der Waals surface area contributed by atoms with Crippen LogP contribution in [0.15, 0.2) is 24.3 Å². The predicted octanol–water partition coefficient (Wildman–Crippen LogP) is 8.18. The van der Waals surface area contributed by atoms with E-state index in [0.29, 0.717) is 5.92 Å². The Hall–Kier alpha value is -1.22. The van der Waals surface area contributed by atoms with E-state index in [9.17, 15) is 0 Å². The number of nitrogens with zero attached hydrogens (tertiary/aromatic N) is 2. The van der Waals surface area contributed by atoms with Gasteiger partial charge in [-0.3, -0.25) is 0 Å². The first-order valence-corrected chi connectivity index (χ1v) is 12.5. The highest BCUT2D eigenvalue weighted by atomic mass is 32.1. The zero-order chi connectivity index (χ0) is 19.6. The summed E-state index contributed by atoms with van der Waals surface area (Å²) in [6, 6.07) is 9.02. The van der Waals surface area contributed by atoms with Gasteiger partial charge in [0.1, 0.15) is 10.0 Å². The number of aromatic nitrogens is 2. The molecule has 1 aromatic heterocycles. The van der Waals surface area contributed by atoms with Crippen molar-refractivity contribution in [1.82, 2.24) is 10.2 Å². The first kappa shape index (κ1) is 21.5. The van der Waals surface area contributed by atoms with Crippen molar-refractivity contribution < 1.29 is 0 Å². The van der Waals surface area contributed by atoms with E-state index < -0.39 is 0 Å². The molecule has 1 aromatic carbocycles. The lowest BCUT2D eigenvalue weighted by Crippen LogP contribution is -2.13. The smallest absolute Gasteiger partial charge is 0.143 e. The van der Waals surface area contributed by atoms with E-state index in [2.05, 4.69) is 48.3 Å². The van der Waals surface area contributed by atoms with Crippen LogP contribution >= 0.6 is 11.3 Å². The van der Waals surface area contributed by atoms with Crippen LogP contribution in [0, 0.1) is 5.92 Å². The third-order valence-electron chi connectivity index (χ3n) is 6.37. The second-order valence-corrected chi connectivity index (χ2v) is 9.68. The molecule has 1 heterocycles. The molecule has 2 nitrogen and oxygen atoms in total. The van der Waals surface area contributed by atoms with Crippen LogP contribution in [0.3, 0.4) is 0 Å². The summed E-state index contributed by atoms with van der Waals surface area (Å²) in [7, 11) is 0. The van der Waals surface area contributed by atoms with Gasteiger partial charge in [0.05, 0.1) is 0 Å². The Balaban J connectivity index is 1.48. The van der Waals surface area contributed by atoms with Crippen molar-refractivity contribution in [3.63, 3.8) is 0 Å². The SMILES string of the molecule is CCCCCCC1CCC(c2nnc(-c3ccc(CCCCC)cc3)s2)CC1. The highest BCUT2D eigenvalue weighted by Gasteiger charge is 2.25. The number of benzene rings is 1. The van der Waals surface area contributed by atoms with Gasteiger partial charge < -0.3 is 0 Å². The molecule has 2 aromatic rings. The first-order chi connectivity index (χ1) is 13.8. The molecule has 1 fully saturated rings. The molecule has 3 rings (SSSR count). The summed E-state index contributed by atoms with van der Waals surface area (Å²) >= 11 is 1.82. The topological polar surface area (TPSA) is 25.8 Å². The first-order valence-electron chi connectivity index (χ1n) is 11.7. The Kier molecular flexibility index (Phi) is 8.98. The highest BCUT2D eigenvalue weighted by Crippen LogP contribution is 2.40. The standard InChI is InChI=1S/C25H38N2S/c1-3-5-7-9-11-21-14-18-23(19-15-21)25-27-26-24(28-25)22-16-12-20(13-17-22)10-8-6-4-2/h12-13,16-17,21,23H,3-11,14-15,18-19H2,1-2H3. The Morgan fingerprint density at radius 1 is 0.821 bits per heavy atom. The van der Waals surface area contributed by atoms with Gasteiger partial charge in [0.2, 0.25) is 0 Å². The molecule has 0 N–H and O–H groups in total. The number of aryl methyl sites for hydroxylation is 1. The van der Waals surface area contributed by atoms with Gasteiger partial charge in [-0.1, -0.05) is 94.4 Å². The molecule has 3 heteroatoms. The van der Waals surface area contributed by atoms with Gasteiger partial charge in [0.15, 0.2) is 0 Å². The molecule has 0 atom stereocenters. The van der Waals surface area contributed by atoms with Crippen LogP contribution < -0.4 is 0 Å². The lowest BCUT2D eigenvalue weighted by atomic mass is 9.80. The third-order valence-corrected chi connectivity index (χ3v) is 7.51. The molecule has 28 heavy (non-hydrogen) atoms. The van der Waals surface area contributed by atoms with Crippen molar-refractivity contribution in [3.05, 3.63) is 34.8 Å². The Morgan fingerprint density at radius 2 is 1.54 bits per heavy atom.